The molecule has 1 aromatic carbocycles. The zero-order valence-electron chi connectivity index (χ0n) is 17.0. The van der Waals surface area contributed by atoms with Gasteiger partial charge in [0.1, 0.15) is 0 Å². The zero-order chi connectivity index (χ0) is 18.6. The van der Waals surface area contributed by atoms with Gasteiger partial charge < -0.3 is 0 Å². The van der Waals surface area contributed by atoms with Crippen molar-refractivity contribution < 1.29 is 4.79 Å². The minimum absolute atomic E-state index is 0.335. The summed E-state index contributed by atoms with van der Waals surface area (Å²) >= 11 is 0. The van der Waals surface area contributed by atoms with Gasteiger partial charge in [0.25, 0.3) is 0 Å². The Morgan fingerprint density at radius 3 is 2.59 bits per heavy atom. The van der Waals surface area contributed by atoms with Gasteiger partial charge in [-0.3, -0.25) is 4.79 Å². The van der Waals surface area contributed by atoms with Crippen LogP contribution in [0.5, 0.6) is 0 Å². The first-order valence-corrected chi connectivity index (χ1v) is 11.3. The van der Waals surface area contributed by atoms with Gasteiger partial charge in [-0.05, 0) is 96.7 Å². The minimum atomic E-state index is 0.335. The maximum Gasteiger partial charge on any atom is 0.159 e. The highest BCUT2D eigenvalue weighted by Crippen LogP contribution is 2.66. The Labute approximate surface area is 164 Å². The van der Waals surface area contributed by atoms with E-state index in [0.717, 1.165) is 36.2 Å². The lowest BCUT2D eigenvalue weighted by Gasteiger charge is -2.60. The van der Waals surface area contributed by atoms with Crippen LogP contribution in [0, 0.1) is 34.5 Å². The molecule has 0 N–H and O–H groups in total. The zero-order valence-corrected chi connectivity index (χ0v) is 17.0. The topological polar surface area (TPSA) is 17.1 Å². The average molecular weight is 363 g/mol. The fourth-order valence-corrected chi connectivity index (χ4v) is 7.88. The largest absolute Gasteiger partial charge is 0.295 e. The van der Waals surface area contributed by atoms with Gasteiger partial charge in [0.05, 0.1) is 0 Å². The van der Waals surface area contributed by atoms with E-state index in [-0.39, 0.29) is 0 Å². The molecule has 27 heavy (non-hydrogen) atoms. The summed E-state index contributed by atoms with van der Waals surface area (Å²) in [7, 11) is 0. The number of carbonyl (C=O) groups is 1. The molecule has 4 aliphatic carbocycles. The summed E-state index contributed by atoms with van der Waals surface area (Å²) < 4.78 is 0. The average Bonchev–Trinajstić information content (AvgIpc) is 3.05. The Bertz CT molecular complexity index is 762. The van der Waals surface area contributed by atoms with Crippen molar-refractivity contribution in [1.82, 2.24) is 0 Å². The summed E-state index contributed by atoms with van der Waals surface area (Å²) in [6.07, 6.45) is 13.9. The van der Waals surface area contributed by atoms with Crippen LogP contribution in [0.15, 0.2) is 35.9 Å². The Balaban J connectivity index is 1.46. The molecular weight excluding hydrogens is 328 g/mol. The lowest BCUT2D eigenvalue weighted by atomic mass is 9.45. The van der Waals surface area contributed by atoms with Crippen LogP contribution in [0.3, 0.4) is 0 Å². The number of fused-ring (bicyclic) bond motifs is 5. The number of allylic oxidation sites excluding steroid dienone is 1. The van der Waals surface area contributed by atoms with Crippen molar-refractivity contribution in [2.24, 2.45) is 34.5 Å². The Morgan fingerprint density at radius 2 is 1.78 bits per heavy atom. The molecule has 0 amide bonds. The predicted octanol–water partition coefficient (Wildman–Crippen LogP) is 6.68. The molecule has 6 atom stereocenters. The molecule has 0 heterocycles. The lowest BCUT2D eigenvalue weighted by Crippen LogP contribution is -2.53. The SMILES string of the molecule is CC12CCCC1C1CC[C@H]3CC(=O)/C(=C\c4ccccc4)CC3(C)C1CC2. The van der Waals surface area contributed by atoms with E-state index in [4.69, 9.17) is 0 Å². The molecule has 1 nitrogen and oxygen atoms in total. The molecular formula is C26H34O. The van der Waals surface area contributed by atoms with E-state index in [2.05, 4.69) is 50.3 Å². The van der Waals surface area contributed by atoms with E-state index in [1.54, 1.807) is 0 Å². The molecule has 144 valence electrons. The van der Waals surface area contributed by atoms with Crippen molar-refractivity contribution in [2.45, 2.75) is 71.6 Å². The van der Waals surface area contributed by atoms with Crippen molar-refractivity contribution in [3.05, 3.63) is 41.5 Å². The first-order valence-electron chi connectivity index (χ1n) is 11.3. The van der Waals surface area contributed by atoms with Crippen LogP contribution < -0.4 is 0 Å². The molecule has 0 radical (unpaired) electrons. The van der Waals surface area contributed by atoms with Crippen molar-refractivity contribution in [3.63, 3.8) is 0 Å². The Kier molecular flexibility index (Phi) is 4.15. The van der Waals surface area contributed by atoms with Crippen molar-refractivity contribution >= 4 is 11.9 Å². The van der Waals surface area contributed by atoms with Crippen LogP contribution in [0.4, 0.5) is 0 Å². The normalized spacial score (nSPS) is 45.3. The summed E-state index contributed by atoms with van der Waals surface area (Å²) in [6, 6.07) is 10.5. The molecule has 0 aromatic heterocycles. The van der Waals surface area contributed by atoms with Crippen LogP contribution >= 0.6 is 0 Å². The van der Waals surface area contributed by atoms with Gasteiger partial charge in [0.15, 0.2) is 5.78 Å². The smallest absolute Gasteiger partial charge is 0.159 e. The quantitative estimate of drug-likeness (QED) is 0.509. The molecule has 0 saturated heterocycles. The number of Topliss-reactive ketones (excluding diaryl/α,β-unsaturated/α-hetero) is 1. The second-order valence-corrected chi connectivity index (χ2v) is 10.6. The fraction of sp³-hybridized carbons (Fsp3) is 0.654. The highest BCUT2D eigenvalue weighted by Gasteiger charge is 2.58. The van der Waals surface area contributed by atoms with Crippen LogP contribution in [0.25, 0.3) is 6.08 Å². The van der Waals surface area contributed by atoms with Crippen molar-refractivity contribution in [3.8, 4) is 0 Å². The van der Waals surface area contributed by atoms with E-state index in [0.29, 0.717) is 22.5 Å². The van der Waals surface area contributed by atoms with Gasteiger partial charge in [-0.25, -0.2) is 0 Å². The maximum atomic E-state index is 12.9. The molecule has 4 saturated carbocycles. The summed E-state index contributed by atoms with van der Waals surface area (Å²) in [4.78, 5) is 12.9. The van der Waals surface area contributed by atoms with Gasteiger partial charge in [-0.2, -0.15) is 0 Å². The standard InChI is InChI=1S/C26H34O/c1-25-13-6-9-22(25)21-11-10-20-16-24(27)19(15-18-7-4-3-5-8-18)17-26(20,2)23(21)12-14-25/h3-5,7-8,15,20-23H,6,9-14,16-17H2,1-2H3/b19-15-/t20-,21?,22?,23?,25?,26?/m0/s1. The second kappa shape index (κ2) is 6.33. The van der Waals surface area contributed by atoms with E-state index in [1.165, 1.54) is 50.5 Å². The fourth-order valence-electron chi connectivity index (χ4n) is 7.88. The van der Waals surface area contributed by atoms with Gasteiger partial charge in [-0.15, -0.1) is 0 Å². The monoisotopic (exact) mass is 362 g/mol. The van der Waals surface area contributed by atoms with E-state index in [9.17, 15) is 4.79 Å². The molecule has 1 aromatic rings. The third kappa shape index (κ3) is 2.76. The number of carbonyl (C=O) groups excluding carboxylic acids is 1. The number of hydrogen-bond donors (Lipinski definition) is 0. The van der Waals surface area contributed by atoms with Gasteiger partial charge >= 0.3 is 0 Å². The maximum absolute atomic E-state index is 12.9. The van der Waals surface area contributed by atoms with Crippen molar-refractivity contribution in [1.29, 1.82) is 0 Å². The number of hydrogen-bond acceptors (Lipinski definition) is 1. The first-order chi connectivity index (χ1) is 13.0. The van der Waals surface area contributed by atoms with Gasteiger partial charge in [0, 0.05) is 6.42 Å². The molecule has 4 fully saturated rings. The summed E-state index contributed by atoms with van der Waals surface area (Å²) in [6.45, 7) is 5.14. The summed E-state index contributed by atoms with van der Waals surface area (Å²) in [5.74, 6) is 3.73. The number of rotatable bonds is 1. The Hall–Kier alpha value is -1.37. The number of benzene rings is 1. The van der Waals surface area contributed by atoms with Crippen LogP contribution in [-0.4, -0.2) is 5.78 Å². The highest BCUT2D eigenvalue weighted by atomic mass is 16.1. The van der Waals surface area contributed by atoms with E-state index >= 15 is 0 Å². The minimum Gasteiger partial charge on any atom is -0.295 e. The molecule has 0 spiro atoms. The van der Waals surface area contributed by atoms with Gasteiger partial charge in [0.2, 0.25) is 0 Å². The van der Waals surface area contributed by atoms with E-state index in [1.807, 2.05) is 0 Å². The molecule has 0 bridgehead atoms. The molecule has 4 aliphatic rings. The summed E-state index contributed by atoms with van der Waals surface area (Å²) in [5.41, 5.74) is 3.24. The van der Waals surface area contributed by atoms with E-state index < -0.39 is 0 Å². The Morgan fingerprint density at radius 1 is 0.963 bits per heavy atom. The molecule has 5 unspecified atom stereocenters. The van der Waals surface area contributed by atoms with Crippen LogP contribution in [-0.2, 0) is 4.79 Å². The molecule has 0 aliphatic heterocycles. The number of ketones is 1. The molecule has 1 heteroatoms. The lowest BCUT2D eigenvalue weighted by molar-refractivity contribution is -0.130. The highest BCUT2D eigenvalue weighted by molar-refractivity contribution is 6.00. The third-order valence-corrected chi connectivity index (χ3v) is 9.35. The second-order valence-electron chi connectivity index (χ2n) is 10.6. The van der Waals surface area contributed by atoms with Crippen molar-refractivity contribution in [2.75, 3.05) is 0 Å². The van der Waals surface area contributed by atoms with Gasteiger partial charge in [-0.1, -0.05) is 50.6 Å². The summed E-state index contributed by atoms with van der Waals surface area (Å²) in [5, 5.41) is 0. The first kappa shape index (κ1) is 17.7. The van der Waals surface area contributed by atoms with Crippen LogP contribution in [0.1, 0.15) is 77.2 Å². The third-order valence-electron chi connectivity index (χ3n) is 9.35. The van der Waals surface area contributed by atoms with Crippen LogP contribution in [0.2, 0.25) is 0 Å². The molecule has 5 rings (SSSR count). The predicted molar refractivity (Wildman–Crippen MR) is 111 cm³/mol.